The van der Waals surface area contributed by atoms with Gasteiger partial charge in [0.2, 0.25) is 0 Å². The Balaban J connectivity index is 3.17. The van der Waals surface area contributed by atoms with Crippen molar-refractivity contribution in [3.63, 3.8) is 0 Å². The first kappa shape index (κ1) is 7.60. The smallest absolute Gasteiger partial charge is 0.0629 e. The van der Waals surface area contributed by atoms with Gasteiger partial charge in [0.25, 0.3) is 0 Å². The third kappa shape index (κ3) is 1.97. The summed E-state index contributed by atoms with van der Waals surface area (Å²) in [5.41, 5.74) is 2.21. The molecule has 0 unspecified atom stereocenters. The first-order valence-electron chi connectivity index (χ1n) is 4.68. The van der Waals surface area contributed by atoms with Crippen LogP contribution in [0.15, 0.2) is 30.8 Å². The molecule has 0 aliphatic rings. The average molecular weight is 161 g/mol. The first-order chi connectivity index (χ1) is 5.95. The van der Waals surface area contributed by atoms with Crippen molar-refractivity contribution in [1.82, 2.24) is 0 Å². The van der Waals surface area contributed by atoms with Gasteiger partial charge in [0.15, 0.2) is 0 Å². The van der Waals surface area contributed by atoms with E-state index in [1.165, 1.54) is 5.56 Å². The monoisotopic (exact) mass is 161 g/mol. The summed E-state index contributed by atoms with van der Waals surface area (Å²) in [7, 11) is 0. The fourth-order valence-corrected chi connectivity index (χ4v) is 1.03. The molecule has 0 heterocycles. The quantitative estimate of drug-likeness (QED) is 0.590. The van der Waals surface area contributed by atoms with Crippen molar-refractivity contribution < 1.29 is 1.37 Å². The highest BCUT2D eigenvalue weighted by Gasteiger charge is 2.12. The van der Waals surface area contributed by atoms with Gasteiger partial charge < -0.3 is 0 Å². The molecular formula is C12H16. The molecule has 0 saturated carbocycles. The van der Waals surface area contributed by atoms with Crippen molar-refractivity contribution in [2.24, 2.45) is 0 Å². The van der Waals surface area contributed by atoms with Crippen molar-refractivity contribution in [3.8, 4) is 0 Å². The van der Waals surface area contributed by atoms with E-state index in [0.29, 0.717) is 6.04 Å². The van der Waals surface area contributed by atoms with E-state index in [1.54, 1.807) is 6.08 Å². The summed E-state index contributed by atoms with van der Waals surface area (Å²) in [4.78, 5) is 0. The third-order valence-corrected chi connectivity index (χ3v) is 1.92. The van der Waals surface area contributed by atoms with E-state index >= 15 is 0 Å². The predicted molar refractivity (Wildman–Crippen MR) is 55.2 cm³/mol. The standard InChI is InChI=1S/C12H16/c1-5-10-6-8-11(9-7-10)12(2,3)4/h5-9H,1H2,2-4H3/i6D. The van der Waals surface area contributed by atoms with E-state index in [2.05, 4.69) is 33.4 Å². The van der Waals surface area contributed by atoms with Crippen LogP contribution in [0.1, 0.15) is 33.3 Å². The van der Waals surface area contributed by atoms with Crippen LogP contribution in [0.4, 0.5) is 0 Å². The fourth-order valence-electron chi connectivity index (χ4n) is 1.03. The number of hydrogen-bond donors (Lipinski definition) is 0. The maximum atomic E-state index is 7.72. The molecule has 0 aliphatic heterocycles. The molecule has 0 atom stereocenters. The lowest BCUT2D eigenvalue weighted by Gasteiger charge is -2.18. The summed E-state index contributed by atoms with van der Waals surface area (Å²) >= 11 is 0. The highest BCUT2D eigenvalue weighted by Crippen LogP contribution is 2.22. The topological polar surface area (TPSA) is 0 Å². The zero-order chi connectivity index (χ0) is 10.1. The van der Waals surface area contributed by atoms with Crippen molar-refractivity contribution >= 4 is 6.08 Å². The molecule has 0 N–H and O–H groups in total. The van der Waals surface area contributed by atoms with E-state index < -0.39 is 0 Å². The van der Waals surface area contributed by atoms with Crippen molar-refractivity contribution in [2.75, 3.05) is 0 Å². The maximum absolute atomic E-state index is 7.72. The molecule has 0 fully saturated rings. The molecule has 12 heavy (non-hydrogen) atoms. The molecule has 0 heteroatoms. The molecule has 1 aromatic rings. The molecule has 1 rings (SSSR count). The normalized spacial score (nSPS) is 12.4. The maximum Gasteiger partial charge on any atom is 0.0629 e. The molecule has 0 amide bonds. The lowest BCUT2D eigenvalue weighted by atomic mass is 9.87. The van der Waals surface area contributed by atoms with Gasteiger partial charge in [-0.05, 0) is 16.5 Å². The average Bonchev–Trinajstić information content (AvgIpc) is 2.02. The Hall–Kier alpha value is -1.04. The van der Waals surface area contributed by atoms with Crippen LogP contribution in [0, 0.1) is 0 Å². The molecule has 0 nitrogen and oxygen atoms in total. The van der Waals surface area contributed by atoms with Gasteiger partial charge >= 0.3 is 0 Å². The fraction of sp³-hybridized carbons (Fsp3) is 0.333. The van der Waals surface area contributed by atoms with Crippen LogP contribution in [0.2, 0.25) is 0 Å². The predicted octanol–water partition coefficient (Wildman–Crippen LogP) is 3.63. The Morgan fingerprint density at radius 2 is 2.00 bits per heavy atom. The SMILES string of the molecule is [2H]c1cc(C(C)(C)C)ccc1C=C. The first-order valence-corrected chi connectivity index (χ1v) is 4.18. The van der Waals surface area contributed by atoms with Crippen LogP contribution < -0.4 is 0 Å². The van der Waals surface area contributed by atoms with Crippen molar-refractivity contribution in [2.45, 2.75) is 26.2 Å². The van der Waals surface area contributed by atoms with Gasteiger partial charge in [-0.25, -0.2) is 0 Å². The molecular weight excluding hydrogens is 144 g/mol. The molecule has 0 radical (unpaired) electrons. The lowest BCUT2D eigenvalue weighted by Crippen LogP contribution is -2.10. The number of benzene rings is 1. The summed E-state index contributed by atoms with van der Waals surface area (Å²) < 4.78 is 7.72. The van der Waals surface area contributed by atoms with Gasteiger partial charge in [-0.2, -0.15) is 0 Å². The Morgan fingerprint density at radius 3 is 2.42 bits per heavy atom. The molecule has 64 valence electrons. The summed E-state index contributed by atoms with van der Waals surface area (Å²) in [5, 5.41) is 0. The van der Waals surface area contributed by atoms with E-state index in [9.17, 15) is 0 Å². The molecule has 0 aliphatic carbocycles. The van der Waals surface area contributed by atoms with E-state index in [1.807, 2.05) is 12.1 Å². The minimum Gasteiger partial charge on any atom is -0.0985 e. The Kier molecular flexibility index (Phi) is 1.99. The van der Waals surface area contributed by atoms with E-state index in [4.69, 9.17) is 1.37 Å². The van der Waals surface area contributed by atoms with Crippen LogP contribution in [0.25, 0.3) is 6.08 Å². The molecule has 1 aromatic carbocycles. The summed E-state index contributed by atoms with van der Waals surface area (Å²) in [6.07, 6.45) is 1.72. The van der Waals surface area contributed by atoms with Gasteiger partial charge in [-0.1, -0.05) is 57.7 Å². The second-order valence-corrected chi connectivity index (χ2v) is 3.99. The zero-order valence-corrected chi connectivity index (χ0v) is 8.02. The van der Waals surface area contributed by atoms with Crippen LogP contribution in [-0.4, -0.2) is 0 Å². The summed E-state index contributed by atoms with van der Waals surface area (Å²) in [6, 6.07) is 6.49. The van der Waals surface area contributed by atoms with Gasteiger partial charge in [0.1, 0.15) is 0 Å². The number of rotatable bonds is 1. The lowest BCUT2D eigenvalue weighted by molar-refractivity contribution is 0.590. The minimum atomic E-state index is 0.121. The second-order valence-electron chi connectivity index (χ2n) is 3.99. The summed E-state index contributed by atoms with van der Waals surface area (Å²) in [5.74, 6) is 0. The molecule has 0 spiro atoms. The van der Waals surface area contributed by atoms with Gasteiger partial charge in [0, 0.05) is 0 Å². The van der Waals surface area contributed by atoms with Crippen molar-refractivity contribution in [3.05, 3.63) is 41.9 Å². The van der Waals surface area contributed by atoms with Crippen LogP contribution in [0.3, 0.4) is 0 Å². The molecule has 0 saturated heterocycles. The molecule has 0 aromatic heterocycles. The van der Waals surface area contributed by atoms with Crippen LogP contribution in [0.5, 0.6) is 0 Å². The van der Waals surface area contributed by atoms with Gasteiger partial charge in [-0.3, -0.25) is 0 Å². The van der Waals surface area contributed by atoms with Gasteiger partial charge in [-0.15, -0.1) is 0 Å². The Labute approximate surface area is 76.3 Å². The Bertz CT molecular complexity index is 318. The number of hydrogen-bond acceptors (Lipinski definition) is 0. The van der Waals surface area contributed by atoms with Crippen molar-refractivity contribution in [1.29, 1.82) is 0 Å². The van der Waals surface area contributed by atoms with Crippen LogP contribution in [-0.2, 0) is 5.41 Å². The van der Waals surface area contributed by atoms with E-state index in [-0.39, 0.29) is 5.41 Å². The minimum absolute atomic E-state index is 0.121. The van der Waals surface area contributed by atoms with E-state index in [0.717, 1.165) is 5.56 Å². The third-order valence-electron chi connectivity index (χ3n) is 1.92. The molecule has 0 bridgehead atoms. The second kappa shape index (κ2) is 3.14. The Morgan fingerprint density at radius 1 is 1.33 bits per heavy atom. The van der Waals surface area contributed by atoms with Gasteiger partial charge in [0.05, 0.1) is 1.37 Å². The summed E-state index contributed by atoms with van der Waals surface area (Å²) in [6.45, 7) is 10.1. The largest absolute Gasteiger partial charge is 0.0985 e. The highest BCUT2D eigenvalue weighted by atomic mass is 14.2. The highest BCUT2D eigenvalue weighted by molar-refractivity contribution is 5.47. The zero-order valence-electron chi connectivity index (χ0n) is 9.02. The van der Waals surface area contributed by atoms with Crippen LogP contribution >= 0.6 is 0 Å².